The predicted octanol–water partition coefficient (Wildman–Crippen LogP) is -1.65. The first-order valence-electron chi connectivity index (χ1n) is 3.36. The second kappa shape index (κ2) is 1.74. The van der Waals surface area contributed by atoms with Crippen LogP contribution in [0.1, 0.15) is 0 Å². The number of ether oxygens (including phenoxy) is 1. The minimum absolute atomic E-state index is 0.847. The molecule has 1 aliphatic heterocycles. The molecule has 5 atom stereocenters. The summed E-state index contributed by atoms with van der Waals surface area (Å²) < 4.78 is 18.2. The highest BCUT2D eigenvalue weighted by atomic mass is 35.5. The van der Waals surface area contributed by atoms with Gasteiger partial charge in [-0.2, -0.15) is 0 Å². The Bertz CT molecular complexity index is 211. The molecular formula is C5H7BClFO3. The molecule has 1 aliphatic carbocycles. The first kappa shape index (κ1) is 7.80. The van der Waals surface area contributed by atoms with E-state index in [1.54, 1.807) is 0 Å². The number of rotatable bonds is 0. The number of hydrogen-bond acceptors (Lipinski definition) is 3. The van der Waals surface area contributed by atoms with Crippen LogP contribution >= 0.6 is 11.6 Å². The minimum Gasteiger partial charge on any atom is -0.387 e. The van der Waals surface area contributed by atoms with E-state index < -0.39 is 28.9 Å². The fraction of sp³-hybridized carbons (Fsp3) is 1.00. The van der Waals surface area contributed by atoms with Gasteiger partial charge < -0.3 is 14.9 Å². The van der Waals surface area contributed by atoms with E-state index in [0.717, 1.165) is 0 Å². The number of fused-ring (bicyclic) bond motifs is 1. The average Bonchev–Trinajstić information content (AvgIpc) is 2.35. The van der Waals surface area contributed by atoms with Gasteiger partial charge in [0.2, 0.25) is 5.13 Å². The van der Waals surface area contributed by atoms with E-state index in [1.165, 1.54) is 7.85 Å². The van der Waals surface area contributed by atoms with Crippen molar-refractivity contribution in [3.63, 3.8) is 0 Å². The maximum Gasteiger partial charge on any atom is 0.235 e. The Morgan fingerprint density at radius 3 is 2.45 bits per heavy atom. The monoisotopic (exact) mass is 180 g/mol. The van der Waals surface area contributed by atoms with E-state index in [9.17, 15) is 9.50 Å². The van der Waals surface area contributed by atoms with Crippen LogP contribution in [0.5, 0.6) is 0 Å². The van der Waals surface area contributed by atoms with Crippen LogP contribution in [0, 0.1) is 0 Å². The molecule has 0 aromatic heterocycles. The molecule has 0 aromatic carbocycles. The molecule has 0 spiro atoms. The Morgan fingerprint density at radius 2 is 2.18 bits per heavy atom. The molecule has 0 aromatic rings. The zero-order valence-electron chi connectivity index (χ0n) is 5.79. The fourth-order valence-electron chi connectivity index (χ4n) is 1.52. The van der Waals surface area contributed by atoms with Gasteiger partial charge in [-0.3, -0.25) is 0 Å². The van der Waals surface area contributed by atoms with Gasteiger partial charge in [-0.1, -0.05) is 11.6 Å². The largest absolute Gasteiger partial charge is 0.387 e. The quantitative estimate of drug-likeness (QED) is 0.347. The van der Waals surface area contributed by atoms with Gasteiger partial charge in [-0.05, 0) is 0 Å². The van der Waals surface area contributed by atoms with Crippen LogP contribution in [0.4, 0.5) is 4.39 Å². The number of aliphatic hydroxyl groups excluding tert-OH is 1. The molecule has 6 heteroatoms. The molecule has 2 rings (SSSR count). The third kappa shape index (κ3) is 0.616. The lowest BCUT2D eigenvalue weighted by molar-refractivity contribution is -0.0223. The number of alkyl halides is 2. The van der Waals surface area contributed by atoms with E-state index in [4.69, 9.17) is 21.4 Å². The van der Waals surface area contributed by atoms with Gasteiger partial charge >= 0.3 is 0 Å². The molecule has 2 aliphatic rings. The van der Waals surface area contributed by atoms with E-state index in [2.05, 4.69) is 0 Å². The average molecular weight is 180 g/mol. The third-order valence-electron chi connectivity index (χ3n) is 2.46. The highest BCUT2D eigenvalue weighted by molar-refractivity contribution is 6.30. The van der Waals surface area contributed by atoms with Crippen LogP contribution in [0.25, 0.3) is 0 Å². The second-order valence-corrected chi connectivity index (χ2v) is 3.64. The molecular weight excluding hydrogens is 173 g/mol. The third-order valence-corrected chi connectivity index (χ3v) is 3.07. The topological polar surface area (TPSA) is 49.7 Å². The Hall–Kier alpha value is 0.165. The first-order chi connectivity index (χ1) is 4.92. The molecule has 1 saturated heterocycles. The summed E-state index contributed by atoms with van der Waals surface area (Å²) in [5.41, 5.74) is -1.88. The summed E-state index contributed by atoms with van der Waals surface area (Å²) in [6, 6.07) is -0.873. The smallest absolute Gasteiger partial charge is 0.235 e. The second-order valence-electron chi connectivity index (χ2n) is 3.09. The molecule has 1 unspecified atom stereocenters. The predicted molar refractivity (Wildman–Crippen MR) is 37.9 cm³/mol. The zero-order valence-corrected chi connectivity index (χ0v) is 6.55. The van der Waals surface area contributed by atoms with Crippen molar-refractivity contribution in [2.75, 3.05) is 0 Å². The summed E-state index contributed by atoms with van der Waals surface area (Å²) in [6.07, 6.45) is -2.03. The summed E-state index contributed by atoms with van der Waals surface area (Å²) in [4.78, 5) is 0. The lowest BCUT2D eigenvalue weighted by Crippen LogP contribution is -2.44. The minimum atomic E-state index is -2.35. The lowest BCUT2D eigenvalue weighted by Gasteiger charge is -2.23. The number of aliphatic hydroxyl groups is 2. The maximum absolute atomic E-state index is 13.3. The van der Waals surface area contributed by atoms with Gasteiger partial charge in [0.15, 0.2) is 5.60 Å². The molecule has 3 nitrogen and oxygen atoms in total. The van der Waals surface area contributed by atoms with Crippen LogP contribution < -0.4 is 0 Å². The molecule has 1 saturated carbocycles. The summed E-state index contributed by atoms with van der Waals surface area (Å²) in [6.45, 7) is 0. The standard InChI is InChI=1S/C5H7BClFO3/c6-3-5(7,8)4(10)1(9)2(4)11-3/h1-3,9-10H,6H2/t1?,2-,3-,4-,5+/m1/s1. The molecule has 0 bridgehead atoms. The Balaban J connectivity index is 2.32. The van der Waals surface area contributed by atoms with Crippen molar-refractivity contribution in [2.45, 2.75) is 28.9 Å². The molecule has 2 N–H and O–H groups in total. The normalized spacial score (nSPS) is 67.8. The number of hydrogen-bond donors (Lipinski definition) is 2. The van der Waals surface area contributed by atoms with Crippen molar-refractivity contribution >= 4 is 19.4 Å². The van der Waals surface area contributed by atoms with Crippen molar-refractivity contribution in [2.24, 2.45) is 0 Å². The van der Waals surface area contributed by atoms with E-state index in [-0.39, 0.29) is 0 Å². The first-order valence-corrected chi connectivity index (χ1v) is 3.74. The van der Waals surface area contributed by atoms with Gasteiger partial charge in [-0.15, -0.1) is 0 Å². The van der Waals surface area contributed by atoms with Crippen LogP contribution in [-0.2, 0) is 4.74 Å². The Labute approximate surface area is 68.5 Å². The van der Waals surface area contributed by atoms with Crippen molar-refractivity contribution < 1.29 is 19.3 Å². The van der Waals surface area contributed by atoms with E-state index in [1.807, 2.05) is 0 Å². The fourth-order valence-corrected chi connectivity index (χ4v) is 1.79. The number of halogens is 2. The van der Waals surface area contributed by atoms with Crippen LogP contribution in [-0.4, -0.2) is 47.0 Å². The Morgan fingerprint density at radius 1 is 1.64 bits per heavy atom. The highest BCUT2D eigenvalue weighted by Crippen LogP contribution is 2.59. The van der Waals surface area contributed by atoms with Crippen LogP contribution in [0.2, 0.25) is 0 Å². The molecule has 2 fully saturated rings. The van der Waals surface area contributed by atoms with Gasteiger partial charge in [-0.25, -0.2) is 4.39 Å². The molecule has 62 valence electrons. The van der Waals surface area contributed by atoms with Crippen molar-refractivity contribution in [3.05, 3.63) is 0 Å². The van der Waals surface area contributed by atoms with Gasteiger partial charge in [0.05, 0.1) is 6.00 Å². The van der Waals surface area contributed by atoms with Gasteiger partial charge in [0.1, 0.15) is 20.1 Å². The SMILES string of the molecule is B[C@@H]1O[C@@H]2C(O)[C@]2(O)[C@]1(F)Cl. The van der Waals surface area contributed by atoms with Gasteiger partial charge in [0.25, 0.3) is 0 Å². The van der Waals surface area contributed by atoms with Crippen molar-refractivity contribution in [3.8, 4) is 0 Å². The highest BCUT2D eigenvalue weighted by Gasteiger charge is 2.83. The molecule has 0 radical (unpaired) electrons. The zero-order chi connectivity index (χ0) is 8.44. The lowest BCUT2D eigenvalue weighted by atomic mass is 9.92. The molecule has 1 heterocycles. The summed E-state index contributed by atoms with van der Waals surface area (Å²) in [7, 11) is 1.42. The molecule has 11 heavy (non-hydrogen) atoms. The van der Waals surface area contributed by atoms with Crippen LogP contribution in [0.15, 0.2) is 0 Å². The summed E-state index contributed by atoms with van der Waals surface area (Å²) >= 11 is 5.34. The van der Waals surface area contributed by atoms with Crippen LogP contribution in [0.3, 0.4) is 0 Å². The van der Waals surface area contributed by atoms with E-state index in [0.29, 0.717) is 0 Å². The van der Waals surface area contributed by atoms with E-state index >= 15 is 0 Å². The summed E-state index contributed by atoms with van der Waals surface area (Å²) in [5.74, 6) is 0. The maximum atomic E-state index is 13.3. The van der Waals surface area contributed by atoms with Gasteiger partial charge in [0, 0.05) is 0 Å². The van der Waals surface area contributed by atoms with Crippen molar-refractivity contribution in [1.29, 1.82) is 0 Å². The summed E-state index contributed by atoms with van der Waals surface area (Å²) in [5, 5.41) is 16.0. The Kier molecular flexibility index (Phi) is 1.23. The molecule has 0 amide bonds. The van der Waals surface area contributed by atoms with Crippen molar-refractivity contribution in [1.82, 2.24) is 0 Å².